The molecule has 4 amide bonds. The van der Waals surface area contributed by atoms with Gasteiger partial charge in [0.1, 0.15) is 32.5 Å². The lowest BCUT2D eigenvalue weighted by Crippen LogP contribution is -2.49. The summed E-state index contributed by atoms with van der Waals surface area (Å²) < 4.78 is 53.3. The number of carbonyl (C=O) groups is 10. The molecule has 0 saturated carbocycles. The van der Waals surface area contributed by atoms with Crippen LogP contribution in [-0.2, 0) is 95.3 Å². The van der Waals surface area contributed by atoms with Crippen molar-refractivity contribution >= 4 is 58.7 Å². The zero-order chi connectivity index (χ0) is 83.4. The van der Waals surface area contributed by atoms with Crippen molar-refractivity contribution < 1.29 is 106 Å². The number of carboxylic acids is 2. The third-order valence-corrected chi connectivity index (χ3v) is 17.9. The fraction of sp³-hybridized carbons (Fsp3) is 0.859. The molecule has 2 atom stereocenters. The number of ketones is 4. The highest BCUT2D eigenvalue weighted by molar-refractivity contribution is 5.92. The molecule has 112 heavy (non-hydrogen) atoms. The summed E-state index contributed by atoms with van der Waals surface area (Å²) in [7, 11) is 1.58. The van der Waals surface area contributed by atoms with E-state index < -0.39 is 24.0 Å². The third-order valence-electron chi connectivity index (χ3n) is 17.9. The van der Waals surface area contributed by atoms with Crippen LogP contribution in [0.15, 0.2) is 12.3 Å². The van der Waals surface area contributed by atoms with Crippen molar-refractivity contribution in [1.29, 1.82) is 0 Å². The van der Waals surface area contributed by atoms with E-state index in [2.05, 4.69) is 33.2 Å². The maximum Gasteiger partial charge on any atom is 0.303 e. The van der Waals surface area contributed by atoms with Crippen molar-refractivity contribution in [2.45, 2.75) is 311 Å². The number of hydrogen-bond acceptors (Lipinski definition) is 21. The number of unbranched alkanes of at least 4 members (excludes halogenated alkanes) is 28. The lowest BCUT2D eigenvalue weighted by molar-refractivity contribution is -0.138. The molecule has 0 aromatic carbocycles. The van der Waals surface area contributed by atoms with Gasteiger partial charge in [0.15, 0.2) is 23.1 Å². The Morgan fingerprint density at radius 3 is 1.04 bits per heavy atom. The van der Waals surface area contributed by atoms with Gasteiger partial charge in [-0.3, -0.25) is 47.9 Å². The molecule has 656 valence electrons. The molecule has 0 radical (unpaired) electrons. The maximum atomic E-state index is 12.6. The minimum atomic E-state index is -0.725. The van der Waals surface area contributed by atoms with E-state index in [0.717, 1.165) is 77.0 Å². The molecule has 27 heteroatoms. The first-order valence-electron chi connectivity index (χ1n) is 42.8. The Morgan fingerprint density at radius 1 is 0.295 bits per heavy atom. The molecule has 0 aliphatic heterocycles. The van der Waals surface area contributed by atoms with Crippen LogP contribution in [0.3, 0.4) is 0 Å². The summed E-state index contributed by atoms with van der Waals surface area (Å²) in [5.41, 5.74) is 0.705. The minimum absolute atomic E-state index is 0.00241. The number of Topliss-reactive ketones (excluding diaryl/α,β-unsaturated/α-hetero) is 4. The average Bonchev–Trinajstić information content (AvgIpc) is 0.912. The molecule has 27 nitrogen and oxygen atoms in total. The van der Waals surface area contributed by atoms with E-state index in [1.807, 2.05) is 34.6 Å². The minimum Gasteiger partial charge on any atom is -0.481 e. The Labute approximate surface area is 675 Å². The Balaban J connectivity index is -0.00000214. The van der Waals surface area contributed by atoms with Gasteiger partial charge in [0.2, 0.25) is 23.6 Å². The van der Waals surface area contributed by atoms with Crippen LogP contribution in [0.25, 0.3) is 0 Å². The zero-order valence-corrected chi connectivity index (χ0v) is 71.2. The van der Waals surface area contributed by atoms with Gasteiger partial charge in [-0.25, -0.2) is 0 Å². The summed E-state index contributed by atoms with van der Waals surface area (Å²) in [5.74, 6) is -1.79. The van der Waals surface area contributed by atoms with Crippen LogP contribution in [0.2, 0.25) is 0 Å². The quantitative estimate of drug-likeness (QED) is 0.0278. The largest absolute Gasteiger partial charge is 0.481 e. The second-order valence-electron chi connectivity index (χ2n) is 29.3. The van der Waals surface area contributed by atoms with Crippen LogP contribution >= 0.6 is 0 Å². The van der Waals surface area contributed by atoms with Gasteiger partial charge in [0.25, 0.3) is 0 Å². The summed E-state index contributed by atoms with van der Waals surface area (Å²) in [6.07, 6.45) is 39.1. The fourth-order valence-corrected chi connectivity index (χ4v) is 10.8. The first-order chi connectivity index (χ1) is 54.1. The Morgan fingerprint density at radius 2 is 0.625 bits per heavy atom. The van der Waals surface area contributed by atoms with Crippen LogP contribution in [0.1, 0.15) is 299 Å². The first-order valence-corrected chi connectivity index (χ1v) is 42.8. The number of carbonyl (C=O) groups excluding carboxylic acids is 8. The molecule has 0 aliphatic rings. The maximum absolute atomic E-state index is 12.6. The highest BCUT2D eigenvalue weighted by atomic mass is 16.5. The van der Waals surface area contributed by atoms with E-state index in [-0.39, 0.29) is 91.4 Å². The molecule has 0 aromatic heterocycles. The van der Waals surface area contributed by atoms with Gasteiger partial charge in [-0.15, -0.1) is 0 Å². The number of amides is 4. The molecule has 0 unspecified atom stereocenters. The van der Waals surface area contributed by atoms with Gasteiger partial charge >= 0.3 is 11.9 Å². The molecule has 0 rings (SSSR count). The van der Waals surface area contributed by atoms with Crippen molar-refractivity contribution in [3.8, 4) is 0 Å². The number of ether oxygens (including phenoxy) is 10. The first kappa shape index (κ1) is 111. The lowest BCUT2D eigenvalue weighted by Gasteiger charge is -2.18. The summed E-state index contributed by atoms with van der Waals surface area (Å²) in [6.45, 7) is 24.7. The highest BCUT2D eigenvalue weighted by Gasteiger charge is 2.21. The van der Waals surface area contributed by atoms with E-state index in [1.165, 1.54) is 122 Å². The van der Waals surface area contributed by atoms with Gasteiger partial charge in [-0.1, -0.05) is 208 Å². The Hall–Kier alpha value is -5.36. The van der Waals surface area contributed by atoms with E-state index in [9.17, 15) is 47.9 Å². The summed E-state index contributed by atoms with van der Waals surface area (Å²) in [6, 6.07) is -1.39. The number of methoxy groups -OCH3 is 1. The molecule has 7 N–H and O–H groups in total. The van der Waals surface area contributed by atoms with E-state index >= 15 is 0 Å². The zero-order valence-electron chi connectivity index (χ0n) is 71.2. The van der Waals surface area contributed by atoms with Gasteiger partial charge in [0.05, 0.1) is 85.3 Å². The van der Waals surface area contributed by atoms with E-state index in [4.69, 9.17) is 57.6 Å². The van der Waals surface area contributed by atoms with Gasteiger partial charge in [-0.05, 0) is 58.8 Å². The van der Waals surface area contributed by atoms with Gasteiger partial charge in [-0.2, -0.15) is 0 Å². The van der Waals surface area contributed by atoms with Crippen LogP contribution in [0, 0.1) is 11.8 Å². The number of nitrogens with one attached hydrogen (secondary N) is 5. The predicted octanol–water partition coefficient (Wildman–Crippen LogP) is 13.1. The number of rotatable bonds is 84. The second kappa shape index (κ2) is 86.5. The van der Waals surface area contributed by atoms with Crippen LogP contribution in [-0.4, -0.2) is 233 Å². The summed E-state index contributed by atoms with van der Waals surface area (Å²) >= 11 is 0. The molecule has 0 aromatic rings. The van der Waals surface area contributed by atoms with Crippen molar-refractivity contribution in [3.05, 3.63) is 12.3 Å². The van der Waals surface area contributed by atoms with E-state index in [0.29, 0.717) is 169 Å². The topological polar surface area (TPSA) is 364 Å². The van der Waals surface area contributed by atoms with Crippen molar-refractivity contribution in [3.63, 3.8) is 0 Å². The van der Waals surface area contributed by atoms with Gasteiger partial charge < -0.3 is 84.2 Å². The van der Waals surface area contributed by atoms with E-state index in [1.54, 1.807) is 21.0 Å². The number of hydrogen-bond donors (Lipinski definition) is 7. The number of carboxylic acid groups (broad SMARTS) is 2. The monoisotopic (exact) mass is 1600 g/mol. The standard InChI is InChI=1S/C50H91N3O13.C27H52N2O7.C8H16O2/c1-41(2)47(56)40-66-37-33-61-29-22-24-45(54)39-65-36-34-63-31-28-51-42(3)38-64-35-32-62-30-23-25-46(55)43(4)53-50(60)44(5)52-48(57)26-20-18-16-14-12-10-8-6-7-9-11-13-15-17-19-21-27-49(58)59;1-34-20-18-29-26(31)24-36-23-22-35-21-19-28-25(30)16-14-12-10-8-6-4-2-3-5-7-9-11-13-15-17-27(32)33;1-4-5-10-6-8(9)7(2)3/h41,43-44,51H,3,6-40H2,1-2,4-5H3,(H,52,57)(H,53,60)(H,58,59);2-24H2,1H3,(H,28,30)(H,29,31)(H,32,33);7H,4-6H2,1-3H3/t43-,44-;;/m0../s1. The summed E-state index contributed by atoms with van der Waals surface area (Å²) in [4.78, 5) is 116. The SMILES string of the molecule is C=C(COCCOCCCC(=O)[C@H](C)NC(=O)[C@H](C)NC(=O)CCCCCCCCCCCCCCCCCCC(=O)O)NCCOCCOCC(=O)CCCOCCOCC(=O)C(C)C.CCCOCC(=O)C(C)C.COCCNC(=O)COCCOCCNC(=O)CCCCCCCCCCCCCCCCC(=O)O. The predicted molar refractivity (Wildman–Crippen MR) is 438 cm³/mol. The Kier molecular flexibility index (Phi) is 85.6. The molecule has 0 bridgehead atoms. The molecule has 0 saturated heterocycles. The average molecular weight is 1600 g/mol. The Bertz CT molecular complexity index is 2300. The fourth-order valence-electron chi connectivity index (χ4n) is 10.8. The van der Waals surface area contributed by atoms with Crippen molar-refractivity contribution in [1.82, 2.24) is 26.6 Å². The molecule has 0 fully saturated rings. The number of aliphatic carboxylic acids is 2. The lowest BCUT2D eigenvalue weighted by atomic mass is 10.0. The highest BCUT2D eigenvalue weighted by Crippen LogP contribution is 2.17. The summed E-state index contributed by atoms with van der Waals surface area (Å²) in [5, 5.41) is 31.4. The van der Waals surface area contributed by atoms with Crippen molar-refractivity contribution in [2.24, 2.45) is 11.8 Å². The third kappa shape index (κ3) is 88.6. The van der Waals surface area contributed by atoms with Crippen LogP contribution in [0.4, 0.5) is 0 Å². The normalized spacial score (nSPS) is 11.6. The van der Waals surface area contributed by atoms with Crippen molar-refractivity contribution in [2.75, 3.05) is 152 Å². The molecule has 0 spiro atoms. The molecule has 0 aliphatic carbocycles. The van der Waals surface area contributed by atoms with Crippen LogP contribution < -0.4 is 26.6 Å². The van der Waals surface area contributed by atoms with Crippen LogP contribution in [0.5, 0.6) is 0 Å². The molecular weight excluding hydrogens is 1440 g/mol. The second-order valence-corrected chi connectivity index (χ2v) is 29.3. The smallest absolute Gasteiger partial charge is 0.303 e. The van der Waals surface area contributed by atoms with Gasteiger partial charge in [0, 0.05) is 103 Å². The molecular formula is C85H159N5O22. The molecule has 0 heterocycles.